The molecule has 2 unspecified atom stereocenters. The van der Waals surface area contributed by atoms with Gasteiger partial charge in [-0.1, -0.05) is 20.8 Å². The lowest BCUT2D eigenvalue weighted by Gasteiger charge is -2.40. The van der Waals surface area contributed by atoms with Gasteiger partial charge in [0.15, 0.2) is 0 Å². The van der Waals surface area contributed by atoms with Crippen LogP contribution in [0, 0.1) is 17.3 Å². The molecular weight excluding hydrogens is 148 g/mol. The lowest BCUT2D eigenvalue weighted by Crippen LogP contribution is -2.44. The van der Waals surface area contributed by atoms with Crippen LogP contribution in [0.5, 0.6) is 0 Å². The molecule has 0 aromatic carbocycles. The van der Waals surface area contributed by atoms with Crippen molar-refractivity contribution >= 4 is 0 Å². The maximum atomic E-state index is 5.73. The van der Waals surface area contributed by atoms with Crippen molar-refractivity contribution in [3.05, 3.63) is 0 Å². The zero-order valence-electron chi connectivity index (χ0n) is 8.51. The zero-order chi connectivity index (χ0) is 9.35. The summed E-state index contributed by atoms with van der Waals surface area (Å²) in [4.78, 5) is 0. The van der Waals surface area contributed by atoms with Crippen LogP contribution in [0.25, 0.3) is 0 Å². The van der Waals surface area contributed by atoms with Crippen LogP contribution in [0.15, 0.2) is 0 Å². The van der Waals surface area contributed by atoms with Gasteiger partial charge >= 0.3 is 0 Å². The lowest BCUT2D eigenvalue weighted by atomic mass is 9.67. The number of hydrogen-bond acceptors (Lipinski definition) is 2. The first kappa shape index (κ1) is 10.0. The number of nitrogens with two attached hydrogens (primary N) is 2. The highest BCUT2D eigenvalue weighted by atomic mass is 14.9. The van der Waals surface area contributed by atoms with Crippen molar-refractivity contribution in [2.45, 2.75) is 46.2 Å². The molecular formula is C10H22N2. The van der Waals surface area contributed by atoms with E-state index in [0.29, 0.717) is 11.3 Å². The quantitative estimate of drug-likeness (QED) is 0.588. The third-order valence-electron chi connectivity index (χ3n) is 2.97. The van der Waals surface area contributed by atoms with E-state index in [9.17, 15) is 0 Å². The molecule has 1 rings (SSSR count). The van der Waals surface area contributed by atoms with Crippen LogP contribution in [0.2, 0.25) is 0 Å². The highest BCUT2D eigenvalue weighted by Crippen LogP contribution is 2.41. The van der Waals surface area contributed by atoms with Gasteiger partial charge in [-0.15, -0.1) is 0 Å². The summed E-state index contributed by atoms with van der Waals surface area (Å²) in [6.07, 6.45) is 3.60. The van der Waals surface area contributed by atoms with Crippen molar-refractivity contribution in [1.29, 1.82) is 0 Å². The molecule has 0 aliphatic heterocycles. The molecule has 2 atom stereocenters. The molecule has 1 aliphatic carbocycles. The van der Waals surface area contributed by atoms with E-state index in [1.54, 1.807) is 0 Å². The Balaban J connectivity index is 2.58. The van der Waals surface area contributed by atoms with Gasteiger partial charge in [0.2, 0.25) is 0 Å². The van der Waals surface area contributed by atoms with Gasteiger partial charge in [-0.25, -0.2) is 0 Å². The molecule has 0 heterocycles. The van der Waals surface area contributed by atoms with Gasteiger partial charge in [0.05, 0.1) is 6.17 Å². The molecule has 2 nitrogen and oxygen atoms in total. The summed E-state index contributed by atoms with van der Waals surface area (Å²) in [5, 5.41) is 0. The molecule has 0 aromatic rings. The van der Waals surface area contributed by atoms with Crippen molar-refractivity contribution in [3.63, 3.8) is 0 Å². The third kappa shape index (κ3) is 2.46. The minimum Gasteiger partial charge on any atom is -0.316 e. The van der Waals surface area contributed by atoms with Crippen molar-refractivity contribution < 1.29 is 0 Å². The second kappa shape index (κ2) is 3.35. The highest BCUT2D eigenvalue weighted by Gasteiger charge is 2.33. The molecule has 12 heavy (non-hydrogen) atoms. The SMILES string of the molecule is CC1CC(C(N)N)CC(C)(C)C1. The Labute approximate surface area is 75.7 Å². The molecule has 4 N–H and O–H groups in total. The smallest absolute Gasteiger partial charge is 0.0550 e. The van der Waals surface area contributed by atoms with E-state index < -0.39 is 0 Å². The Kier molecular flexibility index (Phi) is 2.79. The fourth-order valence-electron chi connectivity index (χ4n) is 2.71. The molecule has 1 saturated carbocycles. The topological polar surface area (TPSA) is 52.0 Å². The van der Waals surface area contributed by atoms with Crippen LogP contribution in [0.1, 0.15) is 40.0 Å². The predicted molar refractivity (Wildman–Crippen MR) is 52.4 cm³/mol. The standard InChI is InChI=1S/C10H22N2/c1-7-4-8(9(11)12)6-10(2,3)5-7/h7-9H,4-6,11-12H2,1-3H3. The van der Waals surface area contributed by atoms with E-state index in [1.807, 2.05) is 0 Å². The van der Waals surface area contributed by atoms with Crippen LogP contribution < -0.4 is 11.5 Å². The maximum Gasteiger partial charge on any atom is 0.0550 e. The second-order valence-corrected chi connectivity index (χ2v) is 5.25. The van der Waals surface area contributed by atoms with Crippen molar-refractivity contribution in [1.82, 2.24) is 0 Å². The molecule has 0 radical (unpaired) electrons. The summed E-state index contributed by atoms with van der Waals surface area (Å²) in [6.45, 7) is 6.94. The van der Waals surface area contributed by atoms with Crippen molar-refractivity contribution in [2.75, 3.05) is 0 Å². The van der Waals surface area contributed by atoms with Gasteiger partial charge in [-0.05, 0) is 36.5 Å². The van der Waals surface area contributed by atoms with Gasteiger partial charge in [0, 0.05) is 0 Å². The maximum absolute atomic E-state index is 5.73. The predicted octanol–water partition coefficient (Wildman–Crippen LogP) is 1.69. The summed E-state index contributed by atoms with van der Waals surface area (Å²) >= 11 is 0. The highest BCUT2D eigenvalue weighted by molar-refractivity contribution is 4.85. The Morgan fingerprint density at radius 2 is 1.83 bits per heavy atom. The Bertz CT molecular complexity index is 152. The molecule has 0 aromatic heterocycles. The first-order chi connectivity index (χ1) is 5.41. The monoisotopic (exact) mass is 170 g/mol. The number of hydrogen-bond donors (Lipinski definition) is 2. The summed E-state index contributed by atoms with van der Waals surface area (Å²) < 4.78 is 0. The minimum absolute atomic E-state index is 0.118. The van der Waals surface area contributed by atoms with Crippen molar-refractivity contribution in [2.24, 2.45) is 28.7 Å². The van der Waals surface area contributed by atoms with Gasteiger partial charge < -0.3 is 11.5 Å². The van der Waals surface area contributed by atoms with Gasteiger partial charge in [0.1, 0.15) is 0 Å². The Hall–Kier alpha value is -0.0800. The summed E-state index contributed by atoms with van der Waals surface area (Å²) in [6, 6.07) is 0. The van der Waals surface area contributed by atoms with E-state index in [-0.39, 0.29) is 6.17 Å². The van der Waals surface area contributed by atoms with E-state index >= 15 is 0 Å². The van der Waals surface area contributed by atoms with Crippen molar-refractivity contribution in [3.8, 4) is 0 Å². The molecule has 0 amide bonds. The molecule has 1 fully saturated rings. The lowest BCUT2D eigenvalue weighted by molar-refractivity contribution is 0.118. The van der Waals surface area contributed by atoms with Gasteiger partial charge in [-0.2, -0.15) is 0 Å². The van der Waals surface area contributed by atoms with E-state index in [1.165, 1.54) is 19.3 Å². The fourth-order valence-corrected chi connectivity index (χ4v) is 2.71. The number of rotatable bonds is 1. The van der Waals surface area contributed by atoms with E-state index in [0.717, 1.165) is 5.92 Å². The minimum atomic E-state index is -0.118. The molecule has 2 heteroatoms. The molecule has 1 aliphatic rings. The third-order valence-corrected chi connectivity index (χ3v) is 2.97. The fraction of sp³-hybridized carbons (Fsp3) is 1.00. The molecule has 0 spiro atoms. The molecule has 0 saturated heterocycles. The van der Waals surface area contributed by atoms with Gasteiger partial charge in [0.25, 0.3) is 0 Å². The van der Waals surface area contributed by atoms with Gasteiger partial charge in [-0.3, -0.25) is 0 Å². The Morgan fingerprint density at radius 3 is 2.25 bits per heavy atom. The largest absolute Gasteiger partial charge is 0.316 e. The average molecular weight is 170 g/mol. The van der Waals surface area contributed by atoms with Crippen LogP contribution >= 0.6 is 0 Å². The normalized spacial score (nSPS) is 35.5. The first-order valence-corrected chi connectivity index (χ1v) is 4.92. The zero-order valence-corrected chi connectivity index (χ0v) is 8.51. The molecule has 0 bridgehead atoms. The summed E-state index contributed by atoms with van der Waals surface area (Å²) in [7, 11) is 0. The summed E-state index contributed by atoms with van der Waals surface area (Å²) in [5.74, 6) is 1.32. The van der Waals surface area contributed by atoms with E-state index in [2.05, 4.69) is 20.8 Å². The average Bonchev–Trinajstić information content (AvgIpc) is 1.82. The molecule has 72 valence electrons. The van der Waals surface area contributed by atoms with E-state index in [4.69, 9.17) is 11.5 Å². The summed E-state index contributed by atoms with van der Waals surface area (Å²) in [5.41, 5.74) is 11.9. The first-order valence-electron chi connectivity index (χ1n) is 4.92. The van der Waals surface area contributed by atoms with Crippen LogP contribution in [0.4, 0.5) is 0 Å². The van der Waals surface area contributed by atoms with Crippen LogP contribution in [0.3, 0.4) is 0 Å². The van der Waals surface area contributed by atoms with Crippen LogP contribution in [-0.4, -0.2) is 6.17 Å². The second-order valence-electron chi connectivity index (χ2n) is 5.25. The van der Waals surface area contributed by atoms with Crippen LogP contribution in [-0.2, 0) is 0 Å². The Morgan fingerprint density at radius 1 is 1.25 bits per heavy atom.